The predicted molar refractivity (Wildman–Crippen MR) is 134 cm³/mol. The second kappa shape index (κ2) is 11.7. The van der Waals surface area contributed by atoms with Gasteiger partial charge in [-0.05, 0) is 72.6 Å². The number of allylic oxidation sites excluding steroid dienone is 7. The molecule has 0 amide bonds. The molecule has 0 saturated carbocycles. The molecule has 0 fully saturated rings. The molecule has 34 heavy (non-hydrogen) atoms. The number of hydrogen-bond acceptors (Lipinski definition) is 2. The molecule has 1 aliphatic heterocycles. The first-order chi connectivity index (χ1) is 16.3. The molecule has 5 heteroatoms. The van der Waals surface area contributed by atoms with Crippen molar-refractivity contribution in [2.75, 3.05) is 26.2 Å². The number of halogens is 3. The highest BCUT2D eigenvalue weighted by Crippen LogP contribution is 2.36. The van der Waals surface area contributed by atoms with Gasteiger partial charge in [-0.25, -0.2) is 0 Å². The lowest BCUT2D eigenvalue weighted by molar-refractivity contribution is -0.160. The molecule has 1 unspecified atom stereocenters. The Balaban J connectivity index is 0.00000158. The van der Waals surface area contributed by atoms with Gasteiger partial charge in [0.1, 0.15) is 12.4 Å². The largest absolute Gasteiger partial charge is 0.489 e. The number of hydrogen-bond donors (Lipinski definition) is 0. The molecule has 0 saturated heterocycles. The average Bonchev–Trinajstić information content (AvgIpc) is 3.20. The van der Waals surface area contributed by atoms with Gasteiger partial charge in [0.2, 0.25) is 0 Å². The standard InChI is InChI=1S/C27H30F3NO.C2H6/c1-19(2)18-32-26-10-7-22-11-13-31(14-12-24(22)16-26)17-20-3-4-23(15-20)21-5-8-25(9-6-21)27(28,29)30;1-2/h3-8,10,16,25H,1,9,11-15,17-18H2,2H3;1-2H3. The SMILES string of the molecule is C=C(C)COc1ccc2c(c1)CCN(CC1=CC=C(C3=CCC(C(F)(F)F)C=C3)C1)CC2.CC. The molecule has 1 heterocycles. The second-order valence-electron chi connectivity index (χ2n) is 9.05. The molecule has 3 aliphatic rings. The van der Waals surface area contributed by atoms with E-state index in [1.54, 1.807) is 12.2 Å². The van der Waals surface area contributed by atoms with Crippen molar-refractivity contribution in [3.63, 3.8) is 0 Å². The topological polar surface area (TPSA) is 12.5 Å². The first kappa shape index (κ1) is 26.1. The lowest BCUT2D eigenvalue weighted by Crippen LogP contribution is -2.28. The number of alkyl halides is 3. The second-order valence-corrected chi connectivity index (χ2v) is 9.05. The van der Waals surface area contributed by atoms with Crippen molar-refractivity contribution >= 4 is 0 Å². The minimum Gasteiger partial charge on any atom is -0.489 e. The highest BCUT2D eigenvalue weighted by Gasteiger charge is 2.38. The molecular weight excluding hydrogens is 435 g/mol. The quantitative estimate of drug-likeness (QED) is 0.401. The molecule has 1 aromatic carbocycles. The van der Waals surface area contributed by atoms with Crippen LogP contribution in [-0.2, 0) is 12.8 Å². The van der Waals surface area contributed by atoms with E-state index < -0.39 is 12.1 Å². The summed E-state index contributed by atoms with van der Waals surface area (Å²) in [5, 5.41) is 0. The summed E-state index contributed by atoms with van der Waals surface area (Å²) in [6.45, 7) is 13.3. The summed E-state index contributed by atoms with van der Waals surface area (Å²) in [5.41, 5.74) is 7.11. The summed E-state index contributed by atoms with van der Waals surface area (Å²) < 4.78 is 44.4. The lowest BCUT2D eigenvalue weighted by atomic mass is 9.91. The molecule has 0 aromatic heterocycles. The van der Waals surface area contributed by atoms with E-state index in [0.29, 0.717) is 6.61 Å². The number of ether oxygens (including phenoxy) is 1. The molecule has 0 bridgehead atoms. The van der Waals surface area contributed by atoms with Gasteiger partial charge in [0.25, 0.3) is 0 Å². The molecule has 184 valence electrons. The van der Waals surface area contributed by atoms with Crippen LogP contribution < -0.4 is 4.74 Å². The monoisotopic (exact) mass is 471 g/mol. The van der Waals surface area contributed by atoms with Gasteiger partial charge in [-0.15, -0.1) is 0 Å². The molecule has 0 radical (unpaired) electrons. The molecular formula is C29H36F3NO. The molecule has 0 spiro atoms. The van der Waals surface area contributed by atoms with Crippen molar-refractivity contribution in [3.05, 3.63) is 88.6 Å². The fourth-order valence-corrected chi connectivity index (χ4v) is 4.48. The van der Waals surface area contributed by atoms with Crippen molar-refractivity contribution in [2.24, 2.45) is 5.92 Å². The predicted octanol–water partition coefficient (Wildman–Crippen LogP) is 7.39. The first-order valence-electron chi connectivity index (χ1n) is 12.2. The van der Waals surface area contributed by atoms with E-state index in [0.717, 1.165) is 61.4 Å². The number of nitrogens with zero attached hydrogens (tertiary/aromatic N) is 1. The minimum absolute atomic E-state index is 0.0322. The Hall–Kier alpha value is -2.53. The molecule has 2 aliphatic carbocycles. The van der Waals surface area contributed by atoms with Crippen LogP contribution in [0.1, 0.15) is 44.7 Å². The summed E-state index contributed by atoms with van der Waals surface area (Å²) in [6, 6.07) is 6.38. The Morgan fingerprint density at radius 3 is 2.50 bits per heavy atom. The third-order valence-electron chi connectivity index (χ3n) is 6.31. The van der Waals surface area contributed by atoms with Crippen LogP contribution in [-0.4, -0.2) is 37.3 Å². The zero-order valence-corrected chi connectivity index (χ0v) is 20.5. The van der Waals surface area contributed by atoms with Gasteiger partial charge in [-0.1, -0.05) is 62.4 Å². The van der Waals surface area contributed by atoms with E-state index in [1.807, 2.05) is 26.8 Å². The first-order valence-corrected chi connectivity index (χ1v) is 12.2. The van der Waals surface area contributed by atoms with Gasteiger partial charge in [0.15, 0.2) is 0 Å². The van der Waals surface area contributed by atoms with Crippen LogP contribution in [0.5, 0.6) is 5.75 Å². The summed E-state index contributed by atoms with van der Waals surface area (Å²) in [5.74, 6) is -0.458. The fourth-order valence-electron chi connectivity index (χ4n) is 4.48. The van der Waals surface area contributed by atoms with Gasteiger partial charge in [-0.3, -0.25) is 4.90 Å². The Kier molecular flexibility index (Phi) is 9.01. The maximum atomic E-state index is 12.9. The zero-order chi connectivity index (χ0) is 24.7. The number of rotatable bonds is 6. The molecule has 0 N–H and O–H groups in total. The third-order valence-corrected chi connectivity index (χ3v) is 6.31. The van der Waals surface area contributed by atoms with Crippen LogP contribution in [0, 0.1) is 5.92 Å². The maximum absolute atomic E-state index is 12.9. The van der Waals surface area contributed by atoms with Gasteiger partial charge in [-0.2, -0.15) is 13.2 Å². The third kappa shape index (κ3) is 6.99. The van der Waals surface area contributed by atoms with E-state index in [1.165, 1.54) is 22.8 Å². The summed E-state index contributed by atoms with van der Waals surface area (Å²) >= 11 is 0. The van der Waals surface area contributed by atoms with E-state index in [-0.39, 0.29) is 6.42 Å². The zero-order valence-electron chi connectivity index (χ0n) is 20.5. The highest BCUT2D eigenvalue weighted by molar-refractivity contribution is 5.49. The van der Waals surface area contributed by atoms with Crippen LogP contribution >= 0.6 is 0 Å². The molecule has 2 nitrogen and oxygen atoms in total. The van der Waals surface area contributed by atoms with Crippen molar-refractivity contribution in [1.29, 1.82) is 0 Å². The van der Waals surface area contributed by atoms with Gasteiger partial charge in [0.05, 0.1) is 5.92 Å². The Morgan fingerprint density at radius 2 is 1.85 bits per heavy atom. The van der Waals surface area contributed by atoms with Crippen LogP contribution in [0.15, 0.2) is 77.5 Å². The smallest absolute Gasteiger partial charge is 0.395 e. The summed E-state index contributed by atoms with van der Waals surface area (Å²) in [4.78, 5) is 2.47. The molecule has 1 aromatic rings. The fraction of sp³-hybridized carbons (Fsp3) is 0.448. The van der Waals surface area contributed by atoms with Crippen LogP contribution in [0.4, 0.5) is 13.2 Å². The van der Waals surface area contributed by atoms with E-state index >= 15 is 0 Å². The van der Waals surface area contributed by atoms with Crippen LogP contribution in [0.3, 0.4) is 0 Å². The van der Waals surface area contributed by atoms with Gasteiger partial charge >= 0.3 is 6.18 Å². The Labute approximate surface area is 202 Å². The summed E-state index contributed by atoms with van der Waals surface area (Å²) in [7, 11) is 0. The molecule has 1 atom stereocenters. The highest BCUT2D eigenvalue weighted by atomic mass is 19.4. The van der Waals surface area contributed by atoms with Crippen LogP contribution in [0.25, 0.3) is 0 Å². The normalized spacial score (nSPS) is 20.3. The summed E-state index contributed by atoms with van der Waals surface area (Å²) in [6.07, 6.45) is 7.56. The van der Waals surface area contributed by atoms with Gasteiger partial charge in [0, 0.05) is 19.6 Å². The number of benzene rings is 1. The van der Waals surface area contributed by atoms with Crippen molar-refractivity contribution < 1.29 is 17.9 Å². The maximum Gasteiger partial charge on any atom is 0.395 e. The van der Waals surface area contributed by atoms with E-state index in [2.05, 4.69) is 35.8 Å². The molecule has 4 rings (SSSR count). The lowest BCUT2D eigenvalue weighted by Gasteiger charge is -2.22. The van der Waals surface area contributed by atoms with Gasteiger partial charge < -0.3 is 4.74 Å². The van der Waals surface area contributed by atoms with E-state index in [4.69, 9.17) is 4.74 Å². The van der Waals surface area contributed by atoms with Crippen molar-refractivity contribution in [1.82, 2.24) is 4.90 Å². The minimum atomic E-state index is -4.16. The number of fused-ring (bicyclic) bond motifs is 1. The van der Waals surface area contributed by atoms with E-state index in [9.17, 15) is 13.2 Å². The Morgan fingerprint density at radius 1 is 1.12 bits per heavy atom. The Bertz CT molecular complexity index is 997. The van der Waals surface area contributed by atoms with Crippen molar-refractivity contribution in [2.45, 2.75) is 52.6 Å². The van der Waals surface area contributed by atoms with Crippen LogP contribution in [0.2, 0.25) is 0 Å². The van der Waals surface area contributed by atoms with Crippen molar-refractivity contribution in [3.8, 4) is 5.75 Å². The average molecular weight is 472 g/mol.